The Morgan fingerprint density at radius 3 is 1.68 bits per heavy atom. The van der Waals surface area contributed by atoms with Crippen LogP contribution in [0.5, 0.6) is 11.5 Å². The molecule has 0 saturated heterocycles. The second kappa shape index (κ2) is 12.1. The molecule has 0 saturated carbocycles. The van der Waals surface area contributed by atoms with Gasteiger partial charge >= 0.3 is 0 Å². The van der Waals surface area contributed by atoms with E-state index in [0.717, 1.165) is 11.1 Å². The lowest BCUT2D eigenvalue weighted by Crippen LogP contribution is -2.30. The molecule has 7 heteroatoms. The molecule has 0 aliphatic carbocycles. The first kappa shape index (κ1) is 25.8. The summed E-state index contributed by atoms with van der Waals surface area (Å²) in [4.78, 5) is 25.1. The predicted octanol–water partition coefficient (Wildman–Crippen LogP) is 6.82. The van der Waals surface area contributed by atoms with Crippen LogP contribution in [0.15, 0.2) is 103 Å². The van der Waals surface area contributed by atoms with Crippen LogP contribution in [0, 0.1) is 0 Å². The van der Waals surface area contributed by atoms with Crippen molar-refractivity contribution in [2.24, 2.45) is 0 Å². The fraction of sp³-hybridized carbons (Fsp3) is 0.133. The van der Waals surface area contributed by atoms with Crippen LogP contribution < -0.4 is 20.1 Å². The van der Waals surface area contributed by atoms with Crippen molar-refractivity contribution in [3.8, 4) is 22.6 Å². The molecule has 0 aliphatic rings. The van der Waals surface area contributed by atoms with Crippen molar-refractivity contribution in [1.82, 2.24) is 0 Å². The van der Waals surface area contributed by atoms with Gasteiger partial charge in [-0.15, -0.1) is 0 Å². The van der Waals surface area contributed by atoms with E-state index in [1.807, 2.05) is 54.6 Å². The van der Waals surface area contributed by atoms with Gasteiger partial charge in [-0.3, -0.25) is 9.59 Å². The molecule has 0 aliphatic heterocycles. The molecule has 0 fully saturated rings. The molecule has 0 heterocycles. The lowest BCUT2D eigenvalue weighted by molar-refractivity contribution is -0.122. The average molecular weight is 515 g/mol. The molecule has 188 valence electrons. The van der Waals surface area contributed by atoms with Gasteiger partial charge in [0.2, 0.25) is 0 Å². The molecule has 0 radical (unpaired) electrons. The van der Waals surface area contributed by atoms with Crippen LogP contribution >= 0.6 is 11.6 Å². The maximum Gasteiger partial charge on any atom is 0.265 e. The first-order valence-corrected chi connectivity index (χ1v) is 12.2. The first-order valence-electron chi connectivity index (χ1n) is 11.8. The van der Waals surface area contributed by atoms with E-state index in [9.17, 15) is 9.59 Å². The number of hydrogen-bond acceptors (Lipinski definition) is 4. The fourth-order valence-corrected chi connectivity index (χ4v) is 3.70. The number of carbonyl (C=O) groups excluding carboxylic acids is 2. The van der Waals surface area contributed by atoms with Gasteiger partial charge < -0.3 is 20.1 Å². The molecule has 4 aromatic rings. The number of halogens is 1. The summed E-state index contributed by atoms with van der Waals surface area (Å²) in [5.41, 5.74) is 3.34. The molecule has 4 rings (SSSR count). The maximum absolute atomic E-state index is 12.6. The van der Waals surface area contributed by atoms with Gasteiger partial charge in [0.15, 0.2) is 12.2 Å². The summed E-state index contributed by atoms with van der Waals surface area (Å²) in [5, 5.41) is 6.05. The molecule has 2 amide bonds. The summed E-state index contributed by atoms with van der Waals surface area (Å²) < 4.78 is 11.5. The van der Waals surface area contributed by atoms with E-state index in [2.05, 4.69) is 10.6 Å². The van der Waals surface area contributed by atoms with E-state index < -0.39 is 12.2 Å². The molecule has 0 aromatic heterocycles. The molecular weight excluding hydrogens is 488 g/mol. The molecule has 2 atom stereocenters. The van der Waals surface area contributed by atoms with E-state index >= 15 is 0 Å². The van der Waals surface area contributed by atoms with E-state index in [0.29, 0.717) is 27.9 Å². The van der Waals surface area contributed by atoms with E-state index in [-0.39, 0.29) is 11.8 Å². The lowest BCUT2D eigenvalue weighted by atomic mass is 10.1. The summed E-state index contributed by atoms with van der Waals surface area (Å²) in [7, 11) is 0. The third-order valence-corrected chi connectivity index (χ3v) is 5.89. The highest BCUT2D eigenvalue weighted by molar-refractivity contribution is 6.32. The van der Waals surface area contributed by atoms with Crippen LogP contribution in [0.3, 0.4) is 0 Å². The molecule has 2 unspecified atom stereocenters. The van der Waals surface area contributed by atoms with E-state index in [4.69, 9.17) is 21.1 Å². The van der Waals surface area contributed by atoms with Crippen LogP contribution in [0.1, 0.15) is 13.8 Å². The van der Waals surface area contributed by atoms with Gasteiger partial charge in [0.05, 0.1) is 5.02 Å². The van der Waals surface area contributed by atoms with Crippen molar-refractivity contribution in [3.63, 3.8) is 0 Å². The van der Waals surface area contributed by atoms with Crippen LogP contribution in [-0.4, -0.2) is 24.0 Å². The minimum Gasteiger partial charge on any atom is -0.481 e. The molecule has 37 heavy (non-hydrogen) atoms. The van der Waals surface area contributed by atoms with Crippen LogP contribution in [0.4, 0.5) is 11.4 Å². The van der Waals surface area contributed by atoms with Crippen LogP contribution in [0.25, 0.3) is 11.1 Å². The SMILES string of the molecule is CC(Oc1ccc(-c2ccccc2)cc1)C(=O)Nc1ccc(NC(=O)C(C)Oc2ccccc2Cl)cc1. The number of hydrogen-bond donors (Lipinski definition) is 2. The van der Waals surface area contributed by atoms with E-state index in [1.54, 1.807) is 62.4 Å². The van der Waals surface area contributed by atoms with Gasteiger partial charge in [-0.05, 0) is 73.5 Å². The highest BCUT2D eigenvalue weighted by atomic mass is 35.5. The molecule has 6 nitrogen and oxygen atoms in total. The average Bonchev–Trinajstić information content (AvgIpc) is 2.92. The largest absolute Gasteiger partial charge is 0.481 e. The van der Waals surface area contributed by atoms with Crippen LogP contribution in [-0.2, 0) is 9.59 Å². The zero-order valence-corrected chi connectivity index (χ0v) is 21.2. The molecule has 2 N–H and O–H groups in total. The Labute approximate surface area is 221 Å². The lowest BCUT2D eigenvalue weighted by Gasteiger charge is -2.16. The minimum absolute atomic E-state index is 0.286. The summed E-state index contributed by atoms with van der Waals surface area (Å²) in [6, 6.07) is 31.4. The number of rotatable bonds is 9. The Kier molecular flexibility index (Phi) is 8.44. The zero-order chi connectivity index (χ0) is 26.2. The van der Waals surface area contributed by atoms with Gasteiger partial charge in [0.25, 0.3) is 11.8 Å². The van der Waals surface area contributed by atoms with Gasteiger partial charge in [0.1, 0.15) is 11.5 Å². The quantitative estimate of drug-likeness (QED) is 0.257. The molecule has 0 spiro atoms. The Balaban J connectivity index is 1.27. The smallest absolute Gasteiger partial charge is 0.265 e. The highest BCUT2D eigenvalue weighted by Crippen LogP contribution is 2.25. The third-order valence-electron chi connectivity index (χ3n) is 5.57. The molecular formula is C30H27ClN2O4. The Morgan fingerprint density at radius 2 is 1.11 bits per heavy atom. The van der Waals surface area contributed by atoms with Crippen molar-refractivity contribution in [2.45, 2.75) is 26.1 Å². The molecule has 0 bridgehead atoms. The number of nitrogens with one attached hydrogen (secondary N) is 2. The van der Waals surface area contributed by atoms with Crippen molar-refractivity contribution < 1.29 is 19.1 Å². The monoisotopic (exact) mass is 514 g/mol. The summed E-state index contributed by atoms with van der Waals surface area (Å²) >= 11 is 6.09. The van der Waals surface area contributed by atoms with Gasteiger partial charge in [-0.2, -0.15) is 0 Å². The number of ether oxygens (including phenoxy) is 2. The van der Waals surface area contributed by atoms with Crippen LogP contribution in [0.2, 0.25) is 5.02 Å². The van der Waals surface area contributed by atoms with Gasteiger partial charge in [0, 0.05) is 11.4 Å². The predicted molar refractivity (Wildman–Crippen MR) is 147 cm³/mol. The summed E-state index contributed by atoms with van der Waals surface area (Å²) in [6.07, 6.45) is -1.45. The van der Waals surface area contributed by atoms with Crippen molar-refractivity contribution in [3.05, 3.63) is 108 Å². The number of carbonyl (C=O) groups is 2. The Morgan fingerprint density at radius 1 is 0.622 bits per heavy atom. The Bertz CT molecular complexity index is 1340. The fourth-order valence-electron chi connectivity index (χ4n) is 3.52. The summed E-state index contributed by atoms with van der Waals surface area (Å²) in [6.45, 7) is 3.33. The summed E-state index contributed by atoms with van der Waals surface area (Å²) in [5.74, 6) is 0.435. The maximum atomic E-state index is 12.6. The molecule has 4 aromatic carbocycles. The van der Waals surface area contributed by atoms with E-state index in [1.165, 1.54) is 0 Å². The van der Waals surface area contributed by atoms with Crippen molar-refractivity contribution in [1.29, 1.82) is 0 Å². The third kappa shape index (κ3) is 7.12. The standard InChI is InChI=1S/C30H27ClN2O4/c1-20(36-26-18-12-23(13-19-26)22-8-4-3-5-9-22)29(34)32-24-14-16-25(17-15-24)33-30(35)21(2)37-28-11-7-6-10-27(28)31/h3-21H,1-2H3,(H,32,34)(H,33,35). The minimum atomic E-state index is -0.751. The Hall–Kier alpha value is -4.29. The number of para-hydroxylation sites is 1. The van der Waals surface area contributed by atoms with Crippen molar-refractivity contribution in [2.75, 3.05) is 10.6 Å². The number of amides is 2. The topological polar surface area (TPSA) is 76.7 Å². The van der Waals surface area contributed by atoms with Gasteiger partial charge in [-0.25, -0.2) is 0 Å². The highest BCUT2D eigenvalue weighted by Gasteiger charge is 2.17. The van der Waals surface area contributed by atoms with Crippen molar-refractivity contribution >= 4 is 34.8 Å². The number of anilines is 2. The first-order chi connectivity index (χ1) is 17.9. The second-order valence-electron chi connectivity index (χ2n) is 8.40. The normalized spacial score (nSPS) is 12.2. The van der Waals surface area contributed by atoms with Gasteiger partial charge in [-0.1, -0.05) is 66.2 Å². The number of benzene rings is 4. The zero-order valence-electron chi connectivity index (χ0n) is 20.5. The second-order valence-corrected chi connectivity index (χ2v) is 8.80.